The zero-order valence-electron chi connectivity index (χ0n) is 20.4. The lowest BCUT2D eigenvalue weighted by molar-refractivity contribution is 0.0949. The van der Waals surface area contributed by atoms with E-state index in [2.05, 4.69) is 22.0 Å². The predicted molar refractivity (Wildman–Crippen MR) is 155 cm³/mol. The number of pyridine rings is 1. The van der Waals surface area contributed by atoms with Gasteiger partial charge in [-0.1, -0.05) is 53.3 Å². The van der Waals surface area contributed by atoms with Gasteiger partial charge in [-0.2, -0.15) is 0 Å². The number of hydrogen-bond acceptors (Lipinski definition) is 7. The van der Waals surface area contributed by atoms with Gasteiger partial charge in [0.25, 0.3) is 5.91 Å². The summed E-state index contributed by atoms with van der Waals surface area (Å²) < 4.78 is 1.06. The fraction of sp³-hybridized carbons (Fsp3) is 0.250. The number of amides is 1. The molecule has 0 saturated carbocycles. The van der Waals surface area contributed by atoms with E-state index in [1.54, 1.807) is 22.7 Å². The molecule has 6 nitrogen and oxygen atoms in total. The monoisotopic (exact) mass is 547 g/mol. The van der Waals surface area contributed by atoms with Gasteiger partial charge in [0, 0.05) is 44.7 Å². The van der Waals surface area contributed by atoms with Gasteiger partial charge in [-0.15, -0.1) is 11.3 Å². The van der Waals surface area contributed by atoms with Crippen LogP contribution in [0.5, 0.6) is 0 Å². The van der Waals surface area contributed by atoms with Crippen LogP contribution in [-0.2, 0) is 0 Å². The van der Waals surface area contributed by atoms with E-state index in [1.807, 2.05) is 60.0 Å². The Labute approximate surface area is 228 Å². The number of piperazine rings is 1. The number of halogens is 1. The number of aromatic nitrogens is 2. The van der Waals surface area contributed by atoms with Crippen LogP contribution in [0.15, 0.2) is 60.0 Å². The van der Waals surface area contributed by atoms with Gasteiger partial charge >= 0.3 is 0 Å². The Bertz CT molecular complexity index is 1540. The Morgan fingerprint density at radius 3 is 2.68 bits per heavy atom. The summed E-state index contributed by atoms with van der Waals surface area (Å²) in [5.74, 6) is -0.0585. The fourth-order valence-electron chi connectivity index (χ4n) is 4.73. The molecule has 0 atom stereocenters. The minimum atomic E-state index is -0.0585. The van der Waals surface area contributed by atoms with Crippen LogP contribution in [0, 0.1) is 6.92 Å². The number of fused-ring (bicyclic) bond motifs is 2. The van der Waals surface area contributed by atoms with Crippen LogP contribution in [-0.4, -0.2) is 60.0 Å². The SMILES string of the molecule is Cc1ccc(Cl)c2sc(N3CCN(CCNC(=O)c4cc(-c5cccs5)nc5ccccc45)CC3)nc12. The van der Waals surface area contributed by atoms with Crippen LogP contribution in [0.2, 0.25) is 5.02 Å². The number of rotatable bonds is 6. The first-order valence-corrected chi connectivity index (χ1v) is 14.4. The Balaban J connectivity index is 1.08. The van der Waals surface area contributed by atoms with E-state index >= 15 is 0 Å². The summed E-state index contributed by atoms with van der Waals surface area (Å²) in [6.07, 6.45) is 0. The molecule has 0 spiro atoms. The number of para-hydroxylation sites is 1. The number of hydrogen-bond donors (Lipinski definition) is 1. The van der Waals surface area contributed by atoms with E-state index in [-0.39, 0.29) is 5.91 Å². The summed E-state index contributed by atoms with van der Waals surface area (Å²) in [5.41, 5.74) is 4.50. The maximum Gasteiger partial charge on any atom is 0.252 e. The molecule has 2 aromatic carbocycles. The topological polar surface area (TPSA) is 61.4 Å². The first-order valence-electron chi connectivity index (χ1n) is 12.3. The van der Waals surface area contributed by atoms with Gasteiger partial charge < -0.3 is 10.2 Å². The minimum Gasteiger partial charge on any atom is -0.351 e. The van der Waals surface area contributed by atoms with Crippen LogP contribution in [0.4, 0.5) is 5.13 Å². The van der Waals surface area contributed by atoms with E-state index in [4.69, 9.17) is 21.6 Å². The highest BCUT2D eigenvalue weighted by Crippen LogP contribution is 2.36. The van der Waals surface area contributed by atoms with Crippen molar-refractivity contribution in [1.82, 2.24) is 20.2 Å². The molecule has 3 aromatic heterocycles. The number of carbonyl (C=O) groups is 1. The second-order valence-electron chi connectivity index (χ2n) is 9.17. The smallest absolute Gasteiger partial charge is 0.252 e. The molecule has 0 radical (unpaired) electrons. The molecule has 1 amide bonds. The molecule has 1 N–H and O–H groups in total. The van der Waals surface area contributed by atoms with Gasteiger partial charge in [0.1, 0.15) is 0 Å². The Morgan fingerprint density at radius 2 is 1.89 bits per heavy atom. The van der Waals surface area contributed by atoms with E-state index in [1.165, 1.54) is 0 Å². The first kappa shape index (κ1) is 24.3. The zero-order chi connectivity index (χ0) is 25.4. The molecule has 6 rings (SSSR count). The van der Waals surface area contributed by atoms with Gasteiger partial charge in [-0.25, -0.2) is 9.97 Å². The van der Waals surface area contributed by atoms with Gasteiger partial charge in [-0.05, 0) is 42.1 Å². The Morgan fingerprint density at radius 1 is 1.05 bits per heavy atom. The first-order chi connectivity index (χ1) is 18.1. The summed E-state index contributed by atoms with van der Waals surface area (Å²) >= 11 is 9.70. The lowest BCUT2D eigenvalue weighted by Crippen LogP contribution is -2.48. The van der Waals surface area contributed by atoms with E-state index < -0.39 is 0 Å². The summed E-state index contributed by atoms with van der Waals surface area (Å²) in [5, 5.41) is 7.84. The van der Waals surface area contributed by atoms with Crippen molar-refractivity contribution in [2.24, 2.45) is 0 Å². The lowest BCUT2D eigenvalue weighted by atomic mass is 10.1. The van der Waals surface area contributed by atoms with Crippen LogP contribution < -0.4 is 10.2 Å². The molecular weight excluding hydrogens is 522 g/mol. The third-order valence-electron chi connectivity index (χ3n) is 6.78. The van der Waals surface area contributed by atoms with E-state index in [0.29, 0.717) is 12.1 Å². The molecule has 37 heavy (non-hydrogen) atoms. The average Bonchev–Trinajstić information content (AvgIpc) is 3.62. The third-order valence-corrected chi connectivity index (χ3v) is 9.25. The highest BCUT2D eigenvalue weighted by molar-refractivity contribution is 7.22. The summed E-state index contributed by atoms with van der Waals surface area (Å²) in [4.78, 5) is 28.7. The third kappa shape index (κ3) is 4.94. The molecule has 5 aromatic rings. The van der Waals surface area contributed by atoms with Crippen molar-refractivity contribution in [1.29, 1.82) is 0 Å². The van der Waals surface area contributed by atoms with Crippen molar-refractivity contribution >= 4 is 66.4 Å². The molecule has 4 heterocycles. The number of carbonyl (C=O) groups excluding carboxylic acids is 1. The largest absolute Gasteiger partial charge is 0.351 e. The van der Waals surface area contributed by atoms with Gasteiger partial charge in [0.2, 0.25) is 0 Å². The summed E-state index contributed by atoms with van der Waals surface area (Å²) in [6, 6.07) is 17.8. The molecule has 1 saturated heterocycles. The number of nitrogens with one attached hydrogen (secondary N) is 1. The van der Waals surface area contributed by atoms with Crippen LogP contribution in [0.3, 0.4) is 0 Å². The van der Waals surface area contributed by atoms with Crippen LogP contribution in [0.1, 0.15) is 15.9 Å². The fourth-order valence-corrected chi connectivity index (χ4v) is 6.78. The van der Waals surface area contributed by atoms with Crippen molar-refractivity contribution in [3.05, 3.63) is 76.1 Å². The quantitative estimate of drug-likeness (QED) is 0.279. The molecule has 1 aliphatic heterocycles. The average molecular weight is 548 g/mol. The molecule has 0 aliphatic carbocycles. The van der Waals surface area contributed by atoms with Crippen molar-refractivity contribution < 1.29 is 4.79 Å². The molecule has 1 aliphatic rings. The number of thiophene rings is 1. The molecule has 188 valence electrons. The highest BCUT2D eigenvalue weighted by atomic mass is 35.5. The van der Waals surface area contributed by atoms with Gasteiger partial charge in [-0.3, -0.25) is 9.69 Å². The normalized spacial score (nSPS) is 14.5. The minimum absolute atomic E-state index is 0.0585. The van der Waals surface area contributed by atoms with Crippen LogP contribution in [0.25, 0.3) is 31.7 Å². The number of benzene rings is 2. The van der Waals surface area contributed by atoms with Crippen molar-refractivity contribution in [3.8, 4) is 10.6 Å². The van der Waals surface area contributed by atoms with Crippen LogP contribution >= 0.6 is 34.3 Å². The van der Waals surface area contributed by atoms with E-state index in [0.717, 1.165) is 80.1 Å². The second-order valence-corrected chi connectivity index (χ2v) is 11.5. The molecule has 0 bridgehead atoms. The highest BCUT2D eigenvalue weighted by Gasteiger charge is 2.21. The number of aryl methyl sites for hydroxylation is 1. The predicted octanol–water partition coefficient (Wildman–Crippen LogP) is 6.09. The number of anilines is 1. The van der Waals surface area contributed by atoms with Crippen molar-refractivity contribution in [3.63, 3.8) is 0 Å². The van der Waals surface area contributed by atoms with E-state index in [9.17, 15) is 4.79 Å². The molecule has 1 fully saturated rings. The summed E-state index contributed by atoms with van der Waals surface area (Å²) in [7, 11) is 0. The molecular formula is C28H26ClN5OS2. The number of thiazole rings is 1. The Hall–Kier alpha value is -3.04. The standard InChI is InChI=1S/C28H26ClN5OS2/c1-18-8-9-21(29)26-25(18)32-28(37-26)34-14-12-33(13-15-34)11-10-30-27(35)20-17-23(24-7-4-16-36-24)31-22-6-3-2-5-19(20)22/h2-9,16-17H,10-15H2,1H3,(H,30,35). The van der Waals surface area contributed by atoms with Gasteiger partial charge in [0.05, 0.1) is 36.9 Å². The summed E-state index contributed by atoms with van der Waals surface area (Å²) in [6.45, 7) is 7.16. The zero-order valence-corrected chi connectivity index (χ0v) is 22.8. The lowest BCUT2D eigenvalue weighted by Gasteiger charge is -2.34. The molecule has 9 heteroatoms. The van der Waals surface area contributed by atoms with Gasteiger partial charge in [0.15, 0.2) is 5.13 Å². The molecule has 0 unspecified atom stereocenters. The van der Waals surface area contributed by atoms with Crippen molar-refractivity contribution in [2.45, 2.75) is 6.92 Å². The van der Waals surface area contributed by atoms with Crippen molar-refractivity contribution in [2.75, 3.05) is 44.2 Å². The second kappa shape index (κ2) is 10.4. The number of nitrogens with zero attached hydrogens (tertiary/aromatic N) is 4. The maximum atomic E-state index is 13.2. The maximum absolute atomic E-state index is 13.2. The Kier molecular flexibility index (Phi) is 6.82.